The summed E-state index contributed by atoms with van der Waals surface area (Å²) in [5.74, 6) is 0.442. The first-order valence-corrected chi connectivity index (χ1v) is 7.09. The van der Waals surface area contributed by atoms with E-state index >= 15 is 0 Å². The van der Waals surface area contributed by atoms with Crippen molar-refractivity contribution in [2.75, 3.05) is 7.11 Å². The molecule has 18 heavy (non-hydrogen) atoms. The highest BCUT2D eigenvalue weighted by atomic mass is 79.9. The van der Waals surface area contributed by atoms with Gasteiger partial charge >= 0.3 is 0 Å². The second-order valence-electron chi connectivity index (χ2n) is 5.03. The lowest BCUT2D eigenvalue weighted by Gasteiger charge is -2.37. The van der Waals surface area contributed by atoms with Crippen LogP contribution >= 0.6 is 15.9 Å². The third-order valence-electron chi connectivity index (χ3n) is 4.04. The molecule has 2 saturated heterocycles. The van der Waals surface area contributed by atoms with Gasteiger partial charge in [-0.1, -0.05) is 0 Å². The Morgan fingerprint density at radius 1 is 1.39 bits per heavy atom. The molecule has 0 saturated carbocycles. The summed E-state index contributed by atoms with van der Waals surface area (Å²) >= 11 is 3.23. The molecule has 5 heteroatoms. The van der Waals surface area contributed by atoms with Gasteiger partial charge < -0.3 is 14.1 Å². The number of hydrogen-bond acceptors (Lipinski definition) is 3. The fraction of sp³-hybridized carbons (Fsp3) is 0.615. The quantitative estimate of drug-likeness (QED) is 0.843. The Labute approximate surface area is 114 Å². The monoisotopic (exact) mass is 313 g/mol. The van der Waals surface area contributed by atoms with E-state index in [2.05, 4.69) is 15.9 Å². The Morgan fingerprint density at radius 3 is 2.56 bits per heavy atom. The van der Waals surface area contributed by atoms with Crippen molar-refractivity contribution in [1.29, 1.82) is 0 Å². The Kier molecular flexibility index (Phi) is 3.20. The number of carbonyl (C=O) groups excluding carboxylic acids is 1. The highest BCUT2D eigenvalue weighted by Gasteiger charge is 2.44. The minimum atomic E-state index is 0.0164. The van der Waals surface area contributed by atoms with Gasteiger partial charge in [-0.15, -0.1) is 0 Å². The van der Waals surface area contributed by atoms with Gasteiger partial charge in [0.15, 0.2) is 10.4 Å². The molecule has 1 aromatic rings. The zero-order valence-electron chi connectivity index (χ0n) is 10.3. The van der Waals surface area contributed by atoms with Crippen molar-refractivity contribution in [1.82, 2.24) is 4.90 Å². The molecule has 2 aliphatic rings. The third-order valence-corrected chi connectivity index (χ3v) is 4.47. The summed E-state index contributed by atoms with van der Waals surface area (Å²) in [5, 5.41) is 0. The highest BCUT2D eigenvalue weighted by molar-refractivity contribution is 9.10. The first kappa shape index (κ1) is 12.2. The van der Waals surface area contributed by atoms with Gasteiger partial charge in [-0.2, -0.15) is 0 Å². The minimum absolute atomic E-state index is 0.0164. The molecule has 0 aliphatic carbocycles. The van der Waals surface area contributed by atoms with Gasteiger partial charge in [0, 0.05) is 19.2 Å². The number of amides is 1. The lowest BCUT2D eigenvalue weighted by Crippen LogP contribution is -2.48. The summed E-state index contributed by atoms with van der Waals surface area (Å²) in [6, 6.07) is 4.11. The maximum Gasteiger partial charge on any atom is 0.290 e. The van der Waals surface area contributed by atoms with Gasteiger partial charge in [0.1, 0.15) is 0 Å². The second kappa shape index (κ2) is 4.70. The maximum atomic E-state index is 12.4. The van der Waals surface area contributed by atoms with Crippen LogP contribution in [-0.2, 0) is 4.74 Å². The molecular weight excluding hydrogens is 298 g/mol. The van der Waals surface area contributed by atoms with Gasteiger partial charge in [0.25, 0.3) is 5.91 Å². The van der Waals surface area contributed by atoms with Crippen LogP contribution in [0.25, 0.3) is 0 Å². The van der Waals surface area contributed by atoms with E-state index in [1.807, 2.05) is 4.90 Å². The summed E-state index contributed by atoms with van der Waals surface area (Å²) < 4.78 is 11.4. The lowest BCUT2D eigenvalue weighted by molar-refractivity contribution is 0.00671. The first-order valence-electron chi connectivity index (χ1n) is 6.30. The first-order chi connectivity index (χ1) is 8.69. The van der Waals surface area contributed by atoms with Crippen LogP contribution in [0.1, 0.15) is 36.2 Å². The maximum absolute atomic E-state index is 12.4. The minimum Gasteiger partial charge on any atom is -0.444 e. The van der Waals surface area contributed by atoms with E-state index in [9.17, 15) is 4.79 Å². The molecule has 4 nitrogen and oxygen atoms in total. The number of rotatable bonds is 2. The van der Waals surface area contributed by atoms with Crippen LogP contribution in [0.5, 0.6) is 0 Å². The lowest BCUT2D eigenvalue weighted by atomic mass is 9.99. The van der Waals surface area contributed by atoms with Gasteiger partial charge in [-0.25, -0.2) is 0 Å². The predicted molar refractivity (Wildman–Crippen MR) is 69.4 cm³/mol. The SMILES string of the molecule is COC1CC2CCC(C1)N2C(=O)c1ccc(Br)o1. The molecule has 0 spiro atoms. The summed E-state index contributed by atoms with van der Waals surface area (Å²) in [7, 11) is 1.76. The standard InChI is InChI=1S/C13H16BrNO3/c1-17-10-6-8-2-3-9(7-10)15(8)13(16)11-4-5-12(14)18-11/h4-5,8-10H,2-3,6-7H2,1H3. The molecule has 3 rings (SSSR count). The van der Waals surface area contributed by atoms with Crippen molar-refractivity contribution in [2.45, 2.75) is 43.9 Å². The summed E-state index contributed by atoms with van der Waals surface area (Å²) in [6.07, 6.45) is 4.35. The summed E-state index contributed by atoms with van der Waals surface area (Å²) in [6.45, 7) is 0. The Bertz CT molecular complexity index is 445. The number of halogens is 1. The molecule has 2 aliphatic heterocycles. The highest BCUT2D eigenvalue weighted by Crippen LogP contribution is 2.37. The van der Waals surface area contributed by atoms with Crippen LogP contribution in [0, 0.1) is 0 Å². The van der Waals surface area contributed by atoms with E-state index in [4.69, 9.17) is 9.15 Å². The third kappa shape index (κ3) is 1.99. The molecule has 0 aromatic carbocycles. The Hall–Kier alpha value is -0.810. The van der Waals surface area contributed by atoms with Crippen LogP contribution in [0.4, 0.5) is 0 Å². The van der Waals surface area contributed by atoms with Crippen molar-refractivity contribution in [3.63, 3.8) is 0 Å². The fourth-order valence-electron chi connectivity index (χ4n) is 3.21. The molecule has 2 unspecified atom stereocenters. The van der Waals surface area contributed by atoms with Crippen LogP contribution in [-0.4, -0.2) is 36.1 Å². The van der Waals surface area contributed by atoms with Crippen LogP contribution in [0.15, 0.2) is 21.2 Å². The number of hydrogen-bond donors (Lipinski definition) is 0. The van der Waals surface area contributed by atoms with Gasteiger partial charge in [0.05, 0.1) is 6.10 Å². The van der Waals surface area contributed by atoms with Crippen molar-refractivity contribution in [3.8, 4) is 0 Å². The van der Waals surface area contributed by atoms with E-state index in [-0.39, 0.29) is 5.91 Å². The molecule has 1 amide bonds. The van der Waals surface area contributed by atoms with E-state index < -0.39 is 0 Å². The van der Waals surface area contributed by atoms with Crippen molar-refractivity contribution in [2.24, 2.45) is 0 Å². The Balaban J connectivity index is 1.80. The summed E-state index contributed by atoms with van der Waals surface area (Å²) in [5.41, 5.74) is 0. The number of methoxy groups -OCH3 is 1. The molecule has 1 aromatic heterocycles. The average molecular weight is 314 g/mol. The van der Waals surface area contributed by atoms with E-state index in [1.54, 1.807) is 19.2 Å². The molecule has 0 radical (unpaired) electrons. The van der Waals surface area contributed by atoms with Crippen LogP contribution in [0.3, 0.4) is 0 Å². The average Bonchev–Trinajstić information content (AvgIpc) is 2.90. The molecule has 2 bridgehead atoms. The number of furan rings is 1. The molecule has 2 atom stereocenters. The molecule has 0 N–H and O–H groups in total. The normalized spacial score (nSPS) is 30.8. The van der Waals surface area contributed by atoms with E-state index in [0.29, 0.717) is 28.6 Å². The molecule has 3 heterocycles. The largest absolute Gasteiger partial charge is 0.444 e. The zero-order chi connectivity index (χ0) is 12.7. The molecule has 2 fully saturated rings. The topological polar surface area (TPSA) is 42.7 Å². The fourth-order valence-corrected chi connectivity index (χ4v) is 3.51. The smallest absolute Gasteiger partial charge is 0.290 e. The van der Waals surface area contributed by atoms with E-state index in [1.165, 1.54) is 0 Å². The van der Waals surface area contributed by atoms with Gasteiger partial charge in [-0.3, -0.25) is 4.79 Å². The molecular formula is C13H16BrNO3. The predicted octanol–water partition coefficient (Wildman–Crippen LogP) is 2.82. The summed E-state index contributed by atoms with van der Waals surface area (Å²) in [4.78, 5) is 14.4. The van der Waals surface area contributed by atoms with Crippen LogP contribution < -0.4 is 0 Å². The van der Waals surface area contributed by atoms with Crippen molar-refractivity contribution >= 4 is 21.8 Å². The van der Waals surface area contributed by atoms with Crippen molar-refractivity contribution < 1.29 is 13.9 Å². The number of fused-ring (bicyclic) bond motifs is 2. The number of ether oxygens (including phenoxy) is 1. The second-order valence-corrected chi connectivity index (χ2v) is 5.81. The molecule has 98 valence electrons. The zero-order valence-corrected chi connectivity index (χ0v) is 11.9. The number of carbonyl (C=O) groups is 1. The van der Waals surface area contributed by atoms with E-state index in [0.717, 1.165) is 25.7 Å². The number of piperidine rings is 1. The van der Waals surface area contributed by atoms with Gasteiger partial charge in [0.2, 0.25) is 0 Å². The van der Waals surface area contributed by atoms with Crippen molar-refractivity contribution in [3.05, 3.63) is 22.6 Å². The van der Waals surface area contributed by atoms with Crippen LogP contribution in [0.2, 0.25) is 0 Å². The Morgan fingerprint density at radius 2 is 2.06 bits per heavy atom. The number of nitrogens with zero attached hydrogens (tertiary/aromatic N) is 1. The van der Waals surface area contributed by atoms with Gasteiger partial charge in [-0.05, 0) is 53.7 Å².